The van der Waals surface area contributed by atoms with E-state index in [1.54, 1.807) is 10.8 Å². The summed E-state index contributed by atoms with van der Waals surface area (Å²) < 4.78 is 7.35. The van der Waals surface area contributed by atoms with Crippen LogP contribution in [0.5, 0.6) is 5.75 Å². The third kappa shape index (κ3) is 2.81. The van der Waals surface area contributed by atoms with Crippen molar-refractivity contribution in [3.05, 3.63) is 60.1 Å². The van der Waals surface area contributed by atoms with Crippen molar-refractivity contribution in [2.24, 2.45) is 5.41 Å². The summed E-state index contributed by atoms with van der Waals surface area (Å²) in [6.45, 7) is 8.36. The molecular weight excluding hydrogens is 328 g/mol. The number of carbonyl (C=O) groups is 1. The first-order valence-electron chi connectivity index (χ1n) is 8.75. The zero-order valence-corrected chi connectivity index (χ0v) is 15.0. The number of Topliss-reactive ketones (excluding diaryl/α,β-unsaturated/α-hetero) is 1. The molecule has 26 heavy (non-hydrogen) atoms. The summed E-state index contributed by atoms with van der Waals surface area (Å²) in [6.07, 6.45) is 4.58. The van der Waals surface area contributed by atoms with Gasteiger partial charge in [-0.1, -0.05) is 38.6 Å². The largest absolute Gasteiger partial charge is 0.490 e. The van der Waals surface area contributed by atoms with Gasteiger partial charge in [0.25, 0.3) is 0 Å². The van der Waals surface area contributed by atoms with Crippen LogP contribution >= 0.6 is 0 Å². The molecule has 0 amide bonds. The molecule has 4 rings (SSSR count). The van der Waals surface area contributed by atoms with E-state index in [1.165, 1.54) is 6.33 Å². The zero-order chi connectivity index (χ0) is 18.3. The highest BCUT2D eigenvalue weighted by atomic mass is 16.5. The fourth-order valence-corrected chi connectivity index (χ4v) is 3.76. The molecule has 0 saturated carbocycles. The van der Waals surface area contributed by atoms with Crippen molar-refractivity contribution >= 4 is 11.7 Å². The van der Waals surface area contributed by atoms with E-state index in [-0.39, 0.29) is 17.2 Å². The Balaban J connectivity index is 1.77. The Labute approximate surface area is 152 Å². The average molecular weight is 350 g/mol. The van der Waals surface area contributed by atoms with Gasteiger partial charge in [0.05, 0.1) is 0 Å². The Morgan fingerprint density at radius 2 is 2.12 bits per heavy atom. The van der Waals surface area contributed by atoms with Crippen LogP contribution in [0.3, 0.4) is 0 Å². The molecule has 1 aromatic heterocycles. The maximum Gasteiger partial charge on any atom is 0.226 e. The van der Waals surface area contributed by atoms with E-state index in [0.717, 1.165) is 29.0 Å². The normalized spacial score (nSPS) is 20.8. The Bertz CT molecular complexity index is 893. The second kappa shape index (κ2) is 6.12. The number of aromatic nitrogens is 3. The van der Waals surface area contributed by atoms with E-state index < -0.39 is 0 Å². The van der Waals surface area contributed by atoms with Crippen molar-refractivity contribution in [2.45, 2.75) is 32.7 Å². The number of hydrogen-bond donors (Lipinski definition) is 1. The molecule has 134 valence electrons. The van der Waals surface area contributed by atoms with Gasteiger partial charge in [-0.15, -0.1) is 0 Å². The minimum absolute atomic E-state index is 0.0575. The number of ether oxygens (including phenoxy) is 1. The van der Waals surface area contributed by atoms with Crippen LogP contribution in [0.4, 0.5) is 5.95 Å². The van der Waals surface area contributed by atoms with Gasteiger partial charge in [0.15, 0.2) is 5.78 Å². The lowest BCUT2D eigenvalue weighted by Crippen LogP contribution is -2.36. The Morgan fingerprint density at radius 3 is 2.85 bits per heavy atom. The molecule has 0 radical (unpaired) electrons. The first-order valence-corrected chi connectivity index (χ1v) is 8.75. The van der Waals surface area contributed by atoms with Crippen molar-refractivity contribution in [3.63, 3.8) is 0 Å². The fraction of sp³-hybridized carbons (Fsp3) is 0.350. The van der Waals surface area contributed by atoms with Gasteiger partial charge in [0.2, 0.25) is 5.95 Å². The predicted molar refractivity (Wildman–Crippen MR) is 99.0 cm³/mol. The summed E-state index contributed by atoms with van der Waals surface area (Å²) in [5, 5.41) is 7.68. The standard InChI is InChI=1S/C20H22N4O2/c1-4-9-26-14-7-5-13(6-8-14)18-17-15(10-20(2,3)11-16(17)25)23-19-21-12-22-24(18)19/h4-8,12,18H,1,9-11H2,2-3H3,(H,21,22,23). The van der Waals surface area contributed by atoms with Gasteiger partial charge in [-0.25, -0.2) is 4.68 Å². The molecule has 1 aliphatic carbocycles. The Morgan fingerprint density at radius 1 is 1.35 bits per heavy atom. The molecular formula is C20H22N4O2. The summed E-state index contributed by atoms with van der Waals surface area (Å²) in [7, 11) is 0. The van der Waals surface area contributed by atoms with Crippen LogP contribution in [0, 0.1) is 5.41 Å². The molecule has 2 heterocycles. The molecule has 0 fully saturated rings. The molecule has 1 atom stereocenters. The van der Waals surface area contributed by atoms with Crippen molar-refractivity contribution in [1.29, 1.82) is 0 Å². The number of nitrogens with one attached hydrogen (secondary N) is 1. The van der Waals surface area contributed by atoms with Gasteiger partial charge in [-0.05, 0) is 29.5 Å². The summed E-state index contributed by atoms with van der Waals surface area (Å²) in [5.74, 6) is 1.61. The van der Waals surface area contributed by atoms with E-state index in [9.17, 15) is 4.79 Å². The summed E-state index contributed by atoms with van der Waals surface area (Å²) in [5.41, 5.74) is 2.69. The summed E-state index contributed by atoms with van der Waals surface area (Å²) >= 11 is 0. The number of fused-ring (bicyclic) bond motifs is 1. The van der Waals surface area contributed by atoms with Crippen LogP contribution in [-0.2, 0) is 4.79 Å². The zero-order valence-electron chi connectivity index (χ0n) is 15.0. The molecule has 0 spiro atoms. The van der Waals surface area contributed by atoms with Crippen LogP contribution in [0.25, 0.3) is 0 Å². The van der Waals surface area contributed by atoms with Crippen LogP contribution in [0.15, 0.2) is 54.5 Å². The molecule has 0 saturated heterocycles. The number of allylic oxidation sites excluding steroid dienone is 2. The summed E-state index contributed by atoms with van der Waals surface area (Å²) in [6, 6.07) is 7.53. The quantitative estimate of drug-likeness (QED) is 0.855. The number of nitrogens with zero attached hydrogens (tertiary/aromatic N) is 3. The SMILES string of the molecule is C=CCOc1ccc(C2C3=C(CC(C)(C)CC3=O)Nc3ncnn32)cc1. The topological polar surface area (TPSA) is 69.0 Å². The van der Waals surface area contributed by atoms with Gasteiger partial charge in [0, 0.05) is 17.7 Å². The minimum Gasteiger partial charge on any atom is -0.490 e. The lowest BCUT2D eigenvalue weighted by molar-refractivity contribution is -0.118. The second-order valence-corrected chi connectivity index (χ2v) is 7.56. The van der Waals surface area contributed by atoms with Gasteiger partial charge in [0.1, 0.15) is 24.7 Å². The molecule has 2 aliphatic rings. The smallest absolute Gasteiger partial charge is 0.226 e. The molecule has 1 aromatic carbocycles. The van der Waals surface area contributed by atoms with E-state index >= 15 is 0 Å². The monoisotopic (exact) mass is 350 g/mol. The Hall–Kier alpha value is -2.89. The van der Waals surface area contributed by atoms with Gasteiger partial charge in [-0.3, -0.25) is 4.79 Å². The second-order valence-electron chi connectivity index (χ2n) is 7.56. The molecule has 6 heteroatoms. The maximum absolute atomic E-state index is 13.0. The molecule has 1 N–H and O–H groups in total. The number of hydrogen-bond acceptors (Lipinski definition) is 5. The third-order valence-corrected chi connectivity index (χ3v) is 4.84. The van der Waals surface area contributed by atoms with Crippen molar-refractivity contribution in [1.82, 2.24) is 14.8 Å². The summed E-state index contributed by atoms with van der Waals surface area (Å²) in [4.78, 5) is 17.3. The molecule has 2 aromatic rings. The molecule has 0 bridgehead atoms. The lowest BCUT2D eigenvalue weighted by atomic mass is 9.73. The van der Waals surface area contributed by atoms with Crippen molar-refractivity contribution in [2.75, 3.05) is 11.9 Å². The predicted octanol–water partition coefficient (Wildman–Crippen LogP) is 3.50. The minimum atomic E-state index is -0.263. The Kier molecular flexibility index (Phi) is 3.90. The average Bonchev–Trinajstić information content (AvgIpc) is 3.05. The first kappa shape index (κ1) is 16.6. The highest BCUT2D eigenvalue weighted by Crippen LogP contribution is 2.45. The van der Waals surface area contributed by atoms with Crippen molar-refractivity contribution in [3.8, 4) is 5.75 Å². The third-order valence-electron chi connectivity index (χ3n) is 4.84. The van der Waals surface area contributed by atoms with Gasteiger partial charge < -0.3 is 10.1 Å². The van der Waals surface area contributed by atoms with Gasteiger partial charge in [-0.2, -0.15) is 10.1 Å². The number of benzene rings is 1. The van der Waals surface area contributed by atoms with Crippen LogP contribution < -0.4 is 10.1 Å². The van der Waals surface area contributed by atoms with Crippen LogP contribution in [0.2, 0.25) is 0 Å². The molecule has 6 nitrogen and oxygen atoms in total. The van der Waals surface area contributed by atoms with E-state index in [1.807, 2.05) is 24.3 Å². The van der Waals surface area contributed by atoms with E-state index in [4.69, 9.17) is 4.74 Å². The molecule has 1 unspecified atom stereocenters. The number of anilines is 1. The fourth-order valence-electron chi connectivity index (χ4n) is 3.76. The van der Waals surface area contributed by atoms with Gasteiger partial charge >= 0.3 is 0 Å². The van der Waals surface area contributed by atoms with Crippen molar-refractivity contribution < 1.29 is 9.53 Å². The molecule has 1 aliphatic heterocycles. The highest BCUT2D eigenvalue weighted by Gasteiger charge is 2.41. The number of rotatable bonds is 4. The highest BCUT2D eigenvalue weighted by molar-refractivity contribution is 6.00. The first-order chi connectivity index (χ1) is 12.5. The van der Waals surface area contributed by atoms with Crippen LogP contribution in [0.1, 0.15) is 38.3 Å². The lowest BCUT2D eigenvalue weighted by Gasteiger charge is -2.38. The number of carbonyl (C=O) groups excluding carboxylic acids is 1. The van der Waals surface area contributed by atoms with E-state index in [2.05, 4.69) is 35.8 Å². The number of ketones is 1. The maximum atomic E-state index is 13.0. The van der Waals surface area contributed by atoms with Crippen LogP contribution in [-0.4, -0.2) is 27.2 Å². The van der Waals surface area contributed by atoms with E-state index in [0.29, 0.717) is 19.0 Å².